The summed E-state index contributed by atoms with van der Waals surface area (Å²) in [5.74, 6) is 0.589. The molecule has 18 heavy (non-hydrogen) atoms. The van der Waals surface area contributed by atoms with E-state index in [9.17, 15) is 4.79 Å². The van der Waals surface area contributed by atoms with Crippen LogP contribution in [0.2, 0.25) is 0 Å². The summed E-state index contributed by atoms with van der Waals surface area (Å²) < 4.78 is 5.35. The predicted octanol–water partition coefficient (Wildman–Crippen LogP) is 2.61. The first-order valence-electron chi connectivity index (χ1n) is 6.72. The molecule has 0 spiro atoms. The van der Waals surface area contributed by atoms with Crippen LogP contribution in [0, 0.1) is 5.92 Å². The SMILES string of the molecule is CCC1CCNC(C(=O)OCCc2cccs2)C1. The van der Waals surface area contributed by atoms with E-state index in [2.05, 4.69) is 18.3 Å². The van der Waals surface area contributed by atoms with E-state index in [1.807, 2.05) is 11.4 Å². The maximum absolute atomic E-state index is 11.9. The van der Waals surface area contributed by atoms with E-state index in [0.29, 0.717) is 12.5 Å². The van der Waals surface area contributed by atoms with Gasteiger partial charge < -0.3 is 10.1 Å². The Balaban J connectivity index is 1.70. The minimum atomic E-state index is -0.0907. The summed E-state index contributed by atoms with van der Waals surface area (Å²) in [5.41, 5.74) is 0. The molecule has 0 radical (unpaired) electrons. The van der Waals surface area contributed by atoms with Crippen LogP contribution in [-0.2, 0) is 16.0 Å². The quantitative estimate of drug-likeness (QED) is 0.833. The molecule has 1 aromatic rings. The Kier molecular flexibility index (Phi) is 5.20. The van der Waals surface area contributed by atoms with E-state index in [4.69, 9.17) is 4.74 Å². The first-order chi connectivity index (χ1) is 8.79. The van der Waals surface area contributed by atoms with Crippen LogP contribution in [0.3, 0.4) is 0 Å². The number of hydrogen-bond donors (Lipinski definition) is 1. The molecule has 3 nitrogen and oxygen atoms in total. The molecule has 1 fully saturated rings. The second-order valence-corrected chi connectivity index (χ2v) is 5.83. The molecule has 0 aliphatic carbocycles. The van der Waals surface area contributed by atoms with Crippen LogP contribution in [0.25, 0.3) is 0 Å². The van der Waals surface area contributed by atoms with Gasteiger partial charge in [-0.15, -0.1) is 11.3 Å². The molecule has 0 aromatic carbocycles. The van der Waals surface area contributed by atoms with Gasteiger partial charge in [0.25, 0.3) is 0 Å². The van der Waals surface area contributed by atoms with Gasteiger partial charge in [-0.1, -0.05) is 19.4 Å². The van der Waals surface area contributed by atoms with Crippen molar-refractivity contribution in [2.75, 3.05) is 13.2 Å². The average molecular weight is 267 g/mol. The smallest absolute Gasteiger partial charge is 0.323 e. The third-order valence-electron chi connectivity index (χ3n) is 3.55. The predicted molar refractivity (Wildman–Crippen MR) is 73.8 cm³/mol. The molecule has 1 N–H and O–H groups in total. The summed E-state index contributed by atoms with van der Waals surface area (Å²) in [6.07, 6.45) is 4.08. The van der Waals surface area contributed by atoms with Crippen LogP contribution in [0.15, 0.2) is 17.5 Å². The van der Waals surface area contributed by atoms with Crippen molar-refractivity contribution in [2.45, 2.75) is 38.6 Å². The summed E-state index contributed by atoms with van der Waals surface area (Å²) in [7, 11) is 0. The molecule has 100 valence electrons. The molecule has 1 aromatic heterocycles. The minimum Gasteiger partial charge on any atom is -0.464 e. The van der Waals surface area contributed by atoms with Crippen LogP contribution in [0.1, 0.15) is 31.1 Å². The highest BCUT2D eigenvalue weighted by Crippen LogP contribution is 2.20. The zero-order chi connectivity index (χ0) is 12.8. The topological polar surface area (TPSA) is 38.3 Å². The van der Waals surface area contributed by atoms with Crippen molar-refractivity contribution >= 4 is 17.3 Å². The Labute approximate surface area is 113 Å². The summed E-state index contributed by atoms with van der Waals surface area (Å²) in [6, 6.07) is 4.01. The van der Waals surface area contributed by atoms with Crippen molar-refractivity contribution in [3.8, 4) is 0 Å². The summed E-state index contributed by atoms with van der Waals surface area (Å²) in [4.78, 5) is 13.2. The van der Waals surface area contributed by atoms with Crippen molar-refractivity contribution in [3.05, 3.63) is 22.4 Å². The number of carbonyl (C=O) groups excluding carboxylic acids is 1. The van der Waals surface area contributed by atoms with E-state index < -0.39 is 0 Å². The van der Waals surface area contributed by atoms with Gasteiger partial charge in [0.05, 0.1) is 6.61 Å². The van der Waals surface area contributed by atoms with E-state index in [1.165, 1.54) is 11.3 Å². The summed E-state index contributed by atoms with van der Waals surface area (Å²) in [6.45, 7) is 3.62. The molecule has 0 amide bonds. The Hall–Kier alpha value is -0.870. The molecular formula is C14H21NO2S. The molecule has 2 rings (SSSR count). The lowest BCUT2D eigenvalue weighted by molar-refractivity contribution is -0.147. The molecule has 1 aliphatic rings. The number of ether oxygens (including phenoxy) is 1. The minimum absolute atomic E-state index is 0.0790. The average Bonchev–Trinajstić information content (AvgIpc) is 2.92. The van der Waals surface area contributed by atoms with Gasteiger partial charge in [0.1, 0.15) is 6.04 Å². The zero-order valence-electron chi connectivity index (χ0n) is 10.9. The molecule has 2 heterocycles. The molecular weight excluding hydrogens is 246 g/mol. The van der Waals surface area contributed by atoms with Gasteiger partial charge in [0, 0.05) is 11.3 Å². The Bertz CT molecular complexity index is 364. The molecule has 4 heteroatoms. The van der Waals surface area contributed by atoms with Gasteiger partial charge in [-0.05, 0) is 36.8 Å². The highest BCUT2D eigenvalue weighted by molar-refractivity contribution is 7.09. The van der Waals surface area contributed by atoms with Crippen LogP contribution >= 0.6 is 11.3 Å². The van der Waals surface area contributed by atoms with Crippen LogP contribution in [0.4, 0.5) is 0 Å². The van der Waals surface area contributed by atoms with Crippen LogP contribution < -0.4 is 5.32 Å². The molecule has 1 saturated heterocycles. The lowest BCUT2D eigenvalue weighted by atomic mass is 9.90. The molecule has 0 saturated carbocycles. The van der Waals surface area contributed by atoms with E-state index in [-0.39, 0.29) is 12.0 Å². The fourth-order valence-corrected chi connectivity index (χ4v) is 3.04. The summed E-state index contributed by atoms with van der Waals surface area (Å²) in [5, 5.41) is 5.30. The van der Waals surface area contributed by atoms with Gasteiger partial charge in [-0.2, -0.15) is 0 Å². The lowest BCUT2D eigenvalue weighted by Crippen LogP contribution is -2.44. The van der Waals surface area contributed by atoms with Crippen molar-refractivity contribution in [3.63, 3.8) is 0 Å². The maximum atomic E-state index is 11.9. The number of thiophene rings is 1. The van der Waals surface area contributed by atoms with E-state index >= 15 is 0 Å². The molecule has 2 unspecified atom stereocenters. The third-order valence-corrected chi connectivity index (χ3v) is 4.48. The van der Waals surface area contributed by atoms with E-state index in [1.54, 1.807) is 11.3 Å². The van der Waals surface area contributed by atoms with Crippen LogP contribution in [-0.4, -0.2) is 25.2 Å². The highest BCUT2D eigenvalue weighted by Gasteiger charge is 2.26. The number of hydrogen-bond acceptors (Lipinski definition) is 4. The van der Waals surface area contributed by atoms with Crippen molar-refractivity contribution < 1.29 is 9.53 Å². The maximum Gasteiger partial charge on any atom is 0.323 e. The number of piperidine rings is 1. The third kappa shape index (κ3) is 3.82. The molecule has 1 aliphatic heterocycles. The Morgan fingerprint density at radius 3 is 3.22 bits per heavy atom. The number of rotatable bonds is 5. The van der Waals surface area contributed by atoms with Crippen molar-refractivity contribution in [1.82, 2.24) is 5.32 Å². The zero-order valence-corrected chi connectivity index (χ0v) is 11.7. The Morgan fingerprint density at radius 2 is 2.50 bits per heavy atom. The van der Waals surface area contributed by atoms with Crippen LogP contribution in [0.5, 0.6) is 0 Å². The monoisotopic (exact) mass is 267 g/mol. The van der Waals surface area contributed by atoms with Crippen molar-refractivity contribution in [1.29, 1.82) is 0 Å². The fourth-order valence-electron chi connectivity index (χ4n) is 2.35. The second-order valence-electron chi connectivity index (χ2n) is 4.80. The van der Waals surface area contributed by atoms with Gasteiger partial charge in [0.15, 0.2) is 0 Å². The van der Waals surface area contributed by atoms with Crippen molar-refractivity contribution in [2.24, 2.45) is 5.92 Å². The number of esters is 1. The first-order valence-corrected chi connectivity index (χ1v) is 7.60. The van der Waals surface area contributed by atoms with Gasteiger partial charge in [0.2, 0.25) is 0 Å². The van der Waals surface area contributed by atoms with E-state index in [0.717, 1.165) is 25.8 Å². The molecule has 2 atom stereocenters. The fraction of sp³-hybridized carbons (Fsp3) is 0.643. The lowest BCUT2D eigenvalue weighted by Gasteiger charge is -2.28. The number of carbonyl (C=O) groups is 1. The largest absolute Gasteiger partial charge is 0.464 e. The summed E-state index contributed by atoms with van der Waals surface area (Å²) >= 11 is 1.71. The van der Waals surface area contributed by atoms with Gasteiger partial charge in [-0.3, -0.25) is 4.79 Å². The second kappa shape index (κ2) is 6.90. The standard InChI is InChI=1S/C14H21NO2S/c1-2-11-5-7-15-13(10-11)14(16)17-8-6-12-4-3-9-18-12/h3-4,9,11,13,15H,2,5-8,10H2,1H3. The number of nitrogens with one attached hydrogen (secondary N) is 1. The molecule has 0 bridgehead atoms. The normalized spacial score (nSPS) is 23.8. The van der Waals surface area contributed by atoms with Gasteiger partial charge in [-0.25, -0.2) is 0 Å². The van der Waals surface area contributed by atoms with Gasteiger partial charge >= 0.3 is 5.97 Å². The first kappa shape index (κ1) is 13.6. The Morgan fingerprint density at radius 1 is 1.61 bits per heavy atom. The highest BCUT2D eigenvalue weighted by atomic mass is 32.1.